The van der Waals surface area contributed by atoms with Gasteiger partial charge < -0.3 is 16.0 Å². The molecule has 1 aliphatic heterocycles. The third kappa shape index (κ3) is 6.79. The molecule has 12 heteroatoms. The molecule has 5 N–H and O–H groups in total. The lowest BCUT2D eigenvalue weighted by molar-refractivity contribution is -0.132. The molecule has 2 heterocycles. The van der Waals surface area contributed by atoms with Gasteiger partial charge in [0.2, 0.25) is 17.7 Å². The molecule has 3 rings (SSSR count). The zero-order valence-corrected chi connectivity index (χ0v) is 21.8. The van der Waals surface area contributed by atoms with E-state index >= 15 is 0 Å². The third-order valence-corrected chi connectivity index (χ3v) is 7.54. The fourth-order valence-corrected chi connectivity index (χ4v) is 5.40. The van der Waals surface area contributed by atoms with Crippen LogP contribution in [0.3, 0.4) is 0 Å². The van der Waals surface area contributed by atoms with Crippen LogP contribution in [0.15, 0.2) is 35.4 Å². The van der Waals surface area contributed by atoms with Crippen molar-refractivity contribution in [1.29, 1.82) is 10.5 Å². The van der Waals surface area contributed by atoms with Crippen molar-refractivity contribution in [1.82, 2.24) is 15.8 Å². The number of hydrogen-bond donors (Lipinski definition) is 4. The summed E-state index contributed by atoms with van der Waals surface area (Å²) in [6, 6.07) is 13.3. The summed E-state index contributed by atoms with van der Waals surface area (Å²) in [6.45, 7) is 2.86. The number of nitrogens with zero attached hydrogens (tertiary/aromatic N) is 4. The summed E-state index contributed by atoms with van der Waals surface area (Å²) in [5.41, 5.74) is 9.05. The highest BCUT2D eigenvalue weighted by Gasteiger charge is 2.29. The molecule has 11 nitrogen and oxygen atoms in total. The Balaban J connectivity index is 1.85. The van der Waals surface area contributed by atoms with Crippen molar-refractivity contribution in [3.05, 3.63) is 52.6 Å². The SMILES string of the molecule is CCc1c(C#N)c(SC(C(N)=O)c2ccccc2)nc(N2CCC(NC(=O)CCC(=O)NO)CC2)c1C#N. The Hall–Kier alpha value is -4.13. The van der Waals surface area contributed by atoms with E-state index in [0.717, 1.165) is 11.8 Å². The Morgan fingerprint density at radius 2 is 1.76 bits per heavy atom. The zero-order valence-electron chi connectivity index (χ0n) is 20.9. The van der Waals surface area contributed by atoms with Gasteiger partial charge in [0.25, 0.3) is 0 Å². The first kappa shape index (κ1) is 28.4. The number of thioether (sulfide) groups is 1. The largest absolute Gasteiger partial charge is 0.368 e. The molecule has 3 amide bonds. The molecular weight excluding hydrogens is 506 g/mol. The summed E-state index contributed by atoms with van der Waals surface area (Å²) in [7, 11) is 0. The minimum absolute atomic E-state index is 0.0365. The number of rotatable bonds is 10. The van der Waals surface area contributed by atoms with Crippen molar-refractivity contribution >= 4 is 35.3 Å². The van der Waals surface area contributed by atoms with Crippen LogP contribution in [0.2, 0.25) is 0 Å². The second-order valence-corrected chi connectivity index (χ2v) is 9.81. The van der Waals surface area contributed by atoms with Crippen LogP contribution < -0.4 is 21.4 Å². The lowest BCUT2D eigenvalue weighted by Gasteiger charge is -2.34. The molecule has 1 aromatic heterocycles. The van der Waals surface area contributed by atoms with E-state index in [1.54, 1.807) is 24.3 Å². The van der Waals surface area contributed by atoms with E-state index in [1.807, 2.05) is 17.9 Å². The second kappa shape index (κ2) is 13.4. The number of benzene rings is 1. The van der Waals surface area contributed by atoms with Crippen molar-refractivity contribution < 1.29 is 19.6 Å². The van der Waals surface area contributed by atoms with Gasteiger partial charge in [0.1, 0.15) is 28.2 Å². The van der Waals surface area contributed by atoms with Gasteiger partial charge in [-0.3, -0.25) is 19.6 Å². The normalized spacial score (nSPS) is 14.2. The van der Waals surface area contributed by atoms with E-state index < -0.39 is 17.1 Å². The highest BCUT2D eigenvalue weighted by Crippen LogP contribution is 2.39. The fraction of sp³-hybridized carbons (Fsp3) is 0.385. The van der Waals surface area contributed by atoms with Gasteiger partial charge in [0, 0.05) is 32.0 Å². The van der Waals surface area contributed by atoms with E-state index in [1.165, 1.54) is 5.48 Å². The summed E-state index contributed by atoms with van der Waals surface area (Å²) in [4.78, 5) is 42.3. The molecule has 1 aromatic carbocycles. The number of piperidine rings is 1. The molecule has 0 bridgehead atoms. The van der Waals surface area contributed by atoms with Gasteiger partial charge in [-0.2, -0.15) is 10.5 Å². The quantitative estimate of drug-likeness (QED) is 0.201. The maximum atomic E-state index is 12.4. The number of primary amides is 1. The van der Waals surface area contributed by atoms with Crippen LogP contribution in [-0.4, -0.2) is 47.0 Å². The summed E-state index contributed by atoms with van der Waals surface area (Å²) in [5, 5.41) is 31.0. The average Bonchev–Trinajstić information content (AvgIpc) is 2.94. The van der Waals surface area contributed by atoms with Crippen LogP contribution in [0, 0.1) is 22.7 Å². The number of nitrogens with one attached hydrogen (secondary N) is 2. The van der Waals surface area contributed by atoms with E-state index in [4.69, 9.17) is 15.9 Å². The number of carbonyl (C=O) groups is 3. The first-order valence-electron chi connectivity index (χ1n) is 12.2. The molecular formula is C26H29N7O4S. The maximum Gasteiger partial charge on any atom is 0.243 e. The predicted octanol–water partition coefficient (Wildman–Crippen LogP) is 2.08. The molecule has 1 fully saturated rings. The number of nitrogens with two attached hydrogens (primary N) is 1. The predicted molar refractivity (Wildman–Crippen MR) is 140 cm³/mol. The molecule has 1 aliphatic rings. The summed E-state index contributed by atoms with van der Waals surface area (Å²) >= 11 is 1.09. The molecule has 0 saturated carbocycles. The number of pyridine rings is 1. The smallest absolute Gasteiger partial charge is 0.243 e. The number of anilines is 1. The first-order chi connectivity index (χ1) is 18.3. The number of carbonyl (C=O) groups excluding carboxylic acids is 3. The van der Waals surface area contributed by atoms with Gasteiger partial charge in [0.15, 0.2) is 0 Å². The van der Waals surface area contributed by atoms with E-state index in [0.29, 0.717) is 59.9 Å². The van der Waals surface area contributed by atoms with E-state index in [9.17, 15) is 24.9 Å². The lowest BCUT2D eigenvalue weighted by Crippen LogP contribution is -2.45. The number of nitriles is 2. The Kier molecular flexibility index (Phi) is 10.0. The van der Waals surface area contributed by atoms with Gasteiger partial charge >= 0.3 is 0 Å². The van der Waals surface area contributed by atoms with Gasteiger partial charge in [-0.15, -0.1) is 0 Å². The molecule has 1 atom stereocenters. The lowest BCUT2D eigenvalue weighted by atomic mass is 9.99. The van der Waals surface area contributed by atoms with Gasteiger partial charge in [-0.1, -0.05) is 49.0 Å². The van der Waals surface area contributed by atoms with Crippen molar-refractivity contribution in [2.24, 2.45) is 5.73 Å². The van der Waals surface area contributed by atoms with E-state index in [2.05, 4.69) is 17.5 Å². The maximum absolute atomic E-state index is 12.4. The fourth-order valence-electron chi connectivity index (χ4n) is 4.35. The van der Waals surface area contributed by atoms with Crippen LogP contribution in [0.5, 0.6) is 0 Å². The highest BCUT2D eigenvalue weighted by atomic mass is 32.2. The van der Waals surface area contributed by atoms with Crippen molar-refractivity contribution in [2.75, 3.05) is 18.0 Å². The minimum atomic E-state index is -0.768. The molecule has 2 aromatic rings. The third-order valence-electron chi connectivity index (χ3n) is 6.28. The van der Waals surface area contributed by atoms with Crippen LogP contribution in [0.25, 0.3) is 0 Å². The molecule has 0 aliphatic carbocycles. The average molecular weight is 536 g/mol. The number of aromatic nitrogens is 1. The standard InChI is InChI=1S/C26H29N7O4S/c1-2-18-19(14-27)25(33-12-10-17(11-13-33)30-21(34)8-9-22(35)32-37)31-26(20(18)15-28)38-23(24(29)36)16-6-4-3-5-7-16/h3-7,17,23,37H,2,8-13H2,1H3,(H2,29,36)(H,30,34)(H,32,35). The minimum Gasteiger partial charge on any atom is -0.368 e. The Morgan fingerprint density at radius 3 is 2.32 bits per heavy atom. The monoisotopic (exact) mass is 535 g/mol. The Bertz CT molecular complexity index is 1270. The van der Waals surface area contributed by atoms with Gasteiger partial charge in [-0.25, -0.2) is 10.5 Å². The van der Waals surface area contributed by atoms with Crippen molar-refractivity contribution in [3.8, 4) is 12.1 Å². The molecule has 0 radical (unpaired) electrons. The zero-order chi connectivity index (χ0) is 27.7. The molecule has 1 saturated heterocycles. The topological polar surface area (TPSA) is 185 Å². The molecule has 1 unspecified atom stereocenters. The van der Waals surface area contributed by atoms with E-state index in [-0.39, 0.29) is 30.4 Å². The molecule has 198 valence electrons. The van der Waals surface area contributed by atoms with Crippen LogP contribution in [0.4, 0.5) is 5.82 Å². The van der Waals surface area contributed by atoms with Crippen LogP contribution >= 0.6 is 11.8 Å². The number of hydrogen-bond acceptors (Lipinski definition) is 9. The first-order valence-corrected chi connectivity index (χ1v) is 13.1. The summed E-state index contributed by atoms with van der Waals surface area (Å²) < 4.78 is 0. The molecule has 0 spiro atoms. The number of amides is 3. The Morgan fingerprint density at radius 1 is 1.13 bits per heavy atom. The van der Waals surface area contributed by atoms with Crippen molar-refractivity contribution in [3.63, 3.8) is 0 Å². The number of hydroxylamine groups is 1. The van der Waals surface area contributed by atoms with Gasteiger partial charge in [0.05, 0.1) is 11.1 Å². The van der Waals surface area contributed by atoms with Crippen LogP contribution in [-0.2, 0) is 20.8 Å². The summed E-state index contributed by atoms with van der Waals surface area (Å²) in [6.07, 6.45) is 1.45. The highest BCUT2D eigenvalue weighted by molar-refractivity contribution is 8.00. The van der Waals surface area contributed by atoms with Crippen molar-refractivity contribution in [2.45, 2.75) is 55.3 Å². The second-order valence-electron chi connectivity index (χ2n) is 8.72. The Labute approximate surface area is 225 Å². The van der Waals surface area contributed by atoms with Crippen LogP contribution in [0.1, 0.15) is 60.1 Å². The summed E-state index contributed by atoms with van der Waals surface area (Å²) in [5.74, 6) is -1.04. The van der Waals surface area contributed by atoms with Gasteiger partial charge in [-0.05, 0) is 30.4 Å². The molecule has 38 heavy (non-hydrogen) atoms.